The molecule has 0 fully saturated rings. The van der Waals surface area contributed by atoms with Crippen LogP contribution in [-0.4, -0.2) is 30.3 Å². The zero-order chi connectivity index (χ0) is 20.9. The molecule has 0 aromatic heterocycles. The van der Waals surface area contributed by atoms with Gasteiger partial charge in [0, 0.05) is 41.7 Å². The third-order valence-corrected chi connectivity index (χ3v) is 6.05. The van der Waals surface area contributed by atoms with Crippen LogP contribution in [0.25, 0.3) is 16.7 Å². The second-order valence-electron chi connectivity index (χ2n) is 7.54. The Bertz CT molecular complexity index is 1040. The first kappa shape index (κ1) is 20.9. The molecule has 152 valence electrons. The predicted octanol–water partition coefficient (Wildman–Crippen LogP) is 7.02. The molecule has 3 aromatic rings. The van der Waals surface area contributed by atoms with Gasteiger partial charge < -0.3 is 0 Å². The normalized spacial score (nSPS) is 14.4. The van der Waals surface area contributed by atoms with Crippen LogP contribution in [0.1, 0.15) is 28.8 Å². The molecule has 0 N–H and O–H groups in total. The number of benzene rings is 3. The molecule has 0 saturated heterocycles. The molecule has 1 aliphatic rings. The fraction of sp³-hybridized carbons (Fsp3) is 0.192. The van der Waals surface area contributed by atoms with Gasteiger partial charge in [-0.05, 0) is 52.9 Å². The monoisotopic (exact) mass is 435 g/mol. The lowest BCUT2D eigenvalue weighted by Crippen LogP contribution is -2.30. The molecule has 2 nitrogen and oxygen atoms in total. The average Bonchev–Trinajstić information content (AvgIpc) is 2.79. The van der Waals surface area contributed by atoms with Gasteiger partial charge in [0.1, 0.15) is 0 Å². The third-order valence-electron chi connectivity index (χ3n) is 5.55. The largest absolute Gasteiger partial charge is 0.299 e. The van der Waals surface area contributed by atoms with Gasteiger partial charge in [0.15, 0.2) is 5.78 Å². The quantitative estimate of drug-likeness (QED) is 0.387. The number of rotatable bonds is 6. The summed E-state index contributed by atoms with van der Waals surface area (Å²) in [5.41, 5.74) is 5.53. The van der Waals surface area contributed by atoms with E-state index >= 15 is 0 Å². The molecule has 0 spiro atoms. The summed E-state index contributed by atoms with van der Waals surface area (Å²) in [6, 6.07) is 23.6. The maximum atomic E-state index is 12.6. The highest BCUT2D eigenvalue weighted by molar-refractivity contribution is 6.30. The van der Waals surface area contributed by atoms with Crippen LogP contribution < -0.4 is 0 Å². The van der Waals surface area contributed by atoms with Crippen molar-refractivity contribution in [2.45, 2.75) is 12.8 Å². The second kappa shape index (κ2) is 9.61. The molecular weight excluding hydrogens is 413 g/mol. The molecule has 1 heterocycles. The van der Waals surface area contributed by atoms with E-state index < -0.39 is 0 Å². The summed E-state index contributed by atoms with van der Waals surface area (Å²) >= 11 is 11.9. The van der Waals surface area contributed by atoms with Gasteiger partial charge in [0.2, 0.25) is 0 Å². The van der Waals surface area contributed by atoms with E-state index in [0.717, 1.165) is 52.8 Å². The first-order chi connectivity index (χ1) is 14.6. The summed E-state index contributed by atoms with van der Waals surface area (Å²) in [6.45, 7) is 2.63. The van der Waals surface area contributed by atoms with Crippen LogP contribution in [-0.2, 0) is 0 Å². The minimum Gasteiger partial charge on any atom is -0.299 e. The van der Waals surface area contributed by atoms with Crippen LogP contribution in [0.5, 0.6) is 0 Å². The Labute approximate surface area is 187 Å². The Kier molecular flexibility index (Phi) is 6.69. The van der Waals surface area contributed by atoms with Crippen molar-refractivity contribution in [3.8, 4) is 11.1 Å². The van der Waals surface area contributed by atoms with Crippen molar-refractivity contribution in [2.75, 3.05) is 19.6 Å². The number of carbonyl (C=O) groups is 1. The number of hydrogen-bond acceptors (Lipinski definition) is 2. The number of Topliss-reactive ketones (excluding diaryl/α,β-unsaturated/α-hetero) is 1. The minimum atomic E-state index is 0.185. The van der Waals surface area contributed by atoms with Crippen molar-refractivity contribution in [1.82, 2.24) is 4.90 Å². The second-order valence-corrected chi connectivity index (χ2v) is 8.42. The highest BCUT2D eigenvalue weighted by atomic mass is 35.5. The molecule has 0 bridgehead atoms. The van der Waals surface area contributed by atoms with E-state index in [2.05, 4.69) is 23.1 Å². The fourth-order valence-corrected chi connectivity index (χ4v) is 3.99. The highest BCUT2D eigenvalue weighted by Crippen LogP contribution is 2.25. The lowest BCUT2D eigenvalue weighted by atomic mass is 9.99. The summed E-state index contributed by atoms with van der Waals surface area (Å²) in [5, 5.41) is 1.48. The Balaban J connectivity index is 1.30. The van der Waals surface area contributed by atoms with Crippen molar-refractivity contribution >= 4 is 34.6 Å². The number of hydrogen-bond donors (Lipinski definition) is 0. The Morgan fingerprint density at radius 2 is 1.30 bits per heavy atom. The van der Waals surface area contributed by atoms with Gasteiger partial charge in [-0.15, -0.1) is 0 Å². The molecule has 4 heteroatoms. The number of halogens is 2. The Hall–Kier alpha value is -2.39. The van der Waals surface area contributed by atoms with E-state index in [1.54, 1.807) is 0 Å². The molecule has 3 aromatic carbocycles. The maximum absolute atomic E-state index is 12.6. The van der Waals surface area contributed by atoms with Crippen LogP contribution >= 0.6 is 23.2 Å². The number of nitrogens with zero attached hydrogens (tertiary/aromatic N) is 1. The summed E-state index contributed by atoms with van der Waals surface area (Å²) in [5.74, 6) is 0.185. The highest BCUT2D eigenvalue weighted by Gasteiger charge is 2.15. The topological polar surface area (TPSA) is 20.3 Å². The van der Waals surface area contributed by atoms with Gasteiger partial charge in [0.05, 0.1) is 0 Å². The molecule has 0 atom stereocenters. The van der Waals surface area contributed by atoms with Crippen molar-refractivity contribution in [3.63, 3.8) is 0 Å². The van der Waals surface area contributed by atoms with Gasteiger partial charge in [-0.2, -0.15) is 0 Å². The van der Waals surface area contributed by atoms with E-state index in [-0.39, 0.29) is 5.78 Å². The van der Waals surface area contributed by atoms with E-state index in [1.807, 2.05) is 60.7 Å². The first-order valence-corrected chi connectivity index (χ1v) is 10.9. The molecule has 0 aliphatic carbocycles. The van der Waals surface area contributed by atoms with E-state index in [0.29, 0.717) is 6.42 Å². The van der Waals surface area contributed by atoms with Crippen LogP contribution in [0.2, 0.25) is 10.0 Å². The number of carbonyl (C=O) groups excluding carboxylic acids is 1. The molecule has 0 amide bonds. The summed E-state index contributed by atoms with van der Waals surface area (Å²) in [4.78, 5) is 15.0. The molecule has 0 saturated carbocycles. The maximum Gasteiger partial charge on any atom is 0.164 e. The Morgan fingerprint density at radius 3 is 1.83 bits per heavy atom. The molecular formula is C26H23Cl2NO. The fourth-order valence-electron chi connectivity index (χ4n) is 3.74. The van der Waals surface area contributed by atoms with Crippen molar-refractivity contribution in [2.24, 2.45) is 0 Å². The minimum absolute atomic E-state index is 0.185. The zero-order valence-electron chi connectivity index (χ0n) is 16.7. The van der Waals surface area contributed by atoms with Gasteiger partial charge in [0.25, 0.3) is 0 Å². The average molecular weight is 436 g/mol. The first-order valence-electron chi connectivity index (χ1n) is 10.1. The van der Waals surface area contributed by atoms with Gasteiger partial charge >= 0.3 is 0 Å². The predicted molar refractivity (Wildman–Crippen MR) is 126 cm³/mol. The van der Waals surface area contributed by atoms with Gasteiger partial charge in [-0.3, -0.25) is 9.69 Å². The Morgan fingerprint density at radius 1 is 0.767 bits per heavy atom. The molecule has 1 aliphatic heterocycles. The lowest BCUT2D eigenvalue weighted by molar-refractivity contribution is 0.0966. The van der Waals surface area contributed by atoms with E-state index in [4.69, 9.17) is 23.2 Å². The lowest BCUT2D eigenvalue weighted by Gasteiger charge is -2.26. The van der Waals surface area contributed by atoms with Crippen LogP contribution in [0.3, 0.4) is 0 Å². The smallest absolute Gasteiger partial charge is 0.164 e. The summed E-state index contributed by atoms with van der Waals surface area (Å²) in [6.07, 6.45) is 3.79. The molecule has 4 rings (SSSR count). The molecule has 0 radical (unpaired) electrons. The zero-order valence-corrected chi connectivity index (χ0v) is 18.2. The van der Waals surface area contributed by atoms with Crippen LogP contribution in [0.4, 0.5) is 0 Å². The third kappa shape index (κ3) is 5.20. The van der Waals surface area contributed by atoms with Crippen molar-refractivity contribution in [3.05, 3.63) is 100 Å². The van der Waals surface area contributed by atoms with Gasteiger partial charge in [-0.1, -0.05) is 77.8 Å². The standard InChI is InChI=1S/C26H23Cl2NO/c27-24-9-5-20(6-10-24)19-1-3-23(4-2-19)26(30)15-18-29-16-13-22(14-17-29)21-7-11-25(28)12-8-21/h1-13H,14-18H2. The van der Waals surface area contributed by atoms with Gasteiger partial charge in [-0.25, -0.2) is 0 Å². The van der Waals surface area contributed by atoms with Crippen molar-refractivity contribution in [1.29, 1.82) is 0 Å². The number of ketones is 1. The van der Waals surface area contributed by atoms with E-state index in [9.17, 15) is 4.79 Å². The molecule has 0 unspecified atom stereocenters. The van der Waals surface area contributed by atoms with E-state index in [1.165, 1.54) is 11.1 Å². The van der Waals surface area contributed by atoms with Crippen LogP contribution in [0, 0.1) is 0 Å². The van der Waals surface area contributed by atoms with Crippen LogP contribution in [0.15, 0.2) is 78.9 Å². The van der Waals surface area contributed by atoms with Crippen molar-refractivity contribution < 1.29 is 4.79 Å². The summed E-state index contributed by atoms with van der Waals surface area (Å²) < 4.78 is 0. The summed E-state index contributed by atoms with van der Waals surface area (Å²) in [7, 11) is 0. The SMILES string of the molecule is O=C(CCN1CC=C(c2ccc(Cl)cc2)CC1)c1ccc(-c2ccc(Cl)cc2)cc1. The molecule has 30 heavy (non-hydrogen) atoms.